The van der Waals surface area contributed by atoms with Crippen molar-refractivity contribution in [1.29, 1.82) is 0 Å². The lowest BCUT2D eigenvalue weighted by Crippen LogP contribution is -1.99. The van der Waals surface area contributed by atoms with Gasteiger partial charge in [-0.3, -0.25) is 4.98 Å². The van der Waals surface area contributed by atoms with Gasteiger partial charge in [0, 0.05) is 24.6 Å². The molecule has 0 aliphatic rings. The third kappa shape index (κ3) is 3.31. The Bertz CT molecular complexity index is 446. The van der Waals surface area contributed by atoms with Crippen LogP contribution in [-0.2, 0) is 6.54 Å². The zero-order valence-electron chi connectivity index (χ0n) is 10.4. The molecule has 0 radical (unpaired) electrons. The van der Waals surface area contributed by atoms with E-state index in [0.29, 0.717) is 5.92 Å². The first-order chi connectivity index (χ1) is 8.25. The summed E-state index contributed by atoms with van der Waals surface area (Å²) in [6, 6.07) is 12.6. The fraction of sp³-hybridized carbons (Fsp3) is 0.267. The summed E-state index contributed by atoms with van der Waals surface area (Å²) in [4.78, 5) is 4.09. The Labute approximate surface area is 103 Å². The standard InChI is InChI=1S/C15H18N2/c1-12(2)14-5-7-15(8-6-14)17-11-13-4-3-9-16-10-13/h3-10,12,17H,11H2,1-2H3. The Hall–Kier alpha value is -1.83. The molecule has 1 aromatic heterocycles. The van der Waals surface area contributed by atoms with Crippen molar-refractivity contribution in [3.63, 3.8) is 0 Å². The minimum absolute atomic E-state index is 0.586. The highest BCUT2D eigenvalue weighted by Gasteiger charge is 1.98. The van der Waals surface area contributed by atoms with Crippen LogP contribution in [0.3, 0.4) is 0 Å². The van der Waals surface area contributed by atoms with E-state index in [-0.39, 0.29) is 0 Å². The summed E-state index contributed by atoms with van der Waals surface area (Å²) in [5.74, 6) is 0.586. The average molecular weight is 226 g/mol. The number of benzene rings is 1. The Morgan fingerprint density at radius 1 is 1.12 bits per heavy atom. The summed E-state index contributed by atoms with van der Waals surface area (Å²) >= 11 is 0. The zero-order valence-corrected chi connectivity index (χ0v) is 10.4. The molecule has 88 valence electrons. The minimum atomic E-state index is 0.586. The van der Waals surface area contributed by atoms with Crippen LogP contribution >= 0.6 is 0 Å². The molecule has 2 heteroatoms. The highest BCUT2D eigenvalue weighted by atomic mass is 14.9. The molecule has 0 spiro atoms. The molecule has 0 aliphatic heterocycles. The first kappa shape index (κ1) is 11.6. The lowest BCUT2D eigenvalue weighted by molar-refractivity contribution is 0.867. The SMILES string of the molecule is CC(C)c1ccc(NCc2cccnc2)cc1. The van der Waals surface area contributed by atoms with Gasteiger partial charge >= 0.3 is 0 Å². The zero-order chi connectivity index (χ0) is 12.1. The van der Waals surface area contributed by atoms with Crippen LogP contribution in [0.4, 0.5) is 5.69 Å². The Balaban J connectivity index is 1.96. The third-order valence-corrected chi connectivity index (χ3v) is 2.80. The van der Waals surface area contributed by atoms with Crippen molar-refractivity contribution in [3.05, 3.63) is 59.9 Å². The van der Waals surface area contributed by atoms with Gasteiger partial charge in [0.25, 0.3) is 0 Å². The molecule has 0 unspecified atom stereocenters. The van der Waals surface area contributed by atoms with Crippen LogP contribution in [0.5, 0.6) is 0 Å². The van der Waals surface area contributed by atoms with Crippen molar-refractivity contribution >= 4 is 5.69 Å². The van der Waals surface area contributed by atoms with Gasteiger partial charge in [0.05, 0.1) is 0 Å². The summed E-state index contributed by atoms with van der Waals surface area (Å²) < 4.78 is 0. The predicted molar refractivity (Wildman–Crippen MR) is 72.1 cm³/mol. The van der Waals surface area contributed by atoms with E-state index in [1.54, 1.807) is 6.20 Å². The van der Waals surface area contributed by atoms with Crippen molar-refractivity contribution in [2.75, 3.05) is 5.32 Å². The Kier molecular flexibility index (Phi) is 3.76. The number of nitrogens with one attached hydrogen (secondary N) is 1. The van der Waals surface area contributed by atoms with Crippen LogP contribution in [0.25, 0.3) is 0 Å². The van der Waals surface area contributed by atoms with Crippen LogP contribution in [0.2, 0.25) is 0 Å². The summed E-state index contributed by atoms with van der Waals surface area (Å²) in [5.41, 5.74) is 3.72. The Morgan fingerprint density at radius 2 is 1.88 bits per heavy atom. The molecular formula is C15H18N2. The molecule has 0 saturated carbocycles. The lowest BCUT2D eigenvalue weighted by Gasteiger charge is -2.09. The number of hydrogen-bond donors (Lipinski definition) is 1. The molecule has 2 rings (SSSR count). The van der Waals surface area contributed by atoms with Gasteiger partial charge in [0.15, 0.2) is 0 Å². The molecular weight excluding hydrogens is 208 g/mol. The van der Waals surface area contributed by atoms with Crippen LogP contribution in [0.15, 0.2) is 48.8 Å². The average Bonchev–Trinajstić information content (AvgIpc) is 2.38. The molecule has 2 aromatic rings. The van der Waals surface area contributed by atoms with Gasteiger partial charge in [-0.1, -0.05) is 32.0 Å². The molecule has 0 atom stereocenters. The summed E-state index contributed by atoms with van der Waals surface area (Å²) in [6.45, 7) is 5.23. The molecule has 1 heterocycles. The van der Waals surface area contributed by atoms with Gasteiger partial charge in [-0.15, -0.1) is 0 Å². The van der Waals surface area contributed by atoms with Gasteiger partial charge < -0.3 is 5.32 Å². The van der Waals surface area contributed by atoms with Gasteiger partial charge in [-0.05, 0) is 35.2 Å². The van der Waals surface area contributed by atoms with E-state index in [2.05, 4.69) is 54.5 Å². The number of pyridine rings is 1. The predicted octanol–water partition coefficient (Wildman–Crippen LogP) is 3.82. The molecule has 0 saturated heterocycles. The molecule has 1 aromatic carbocycles. The van der Waals surface area contributed by atoms with Crippen molar-refractivity contribution in [2.45, 2.75) is 26.3 Å². The fourth-order valence-corrected chi connectivity index (χ4v) is 1.69. The van der Waals surface area contributed by atoms with E-state index >= 15 is 0 Å². The topological polar surface area (TPSA) is 24.9 Å². The highest BCUT2D eigenvalue weighted by Crippen LogP contribution is 2.17. The van der Waals surface area contributed by atoms with Gasteiger partial charge in [0.2, 0.25) is 0 Å². The lowest BCUT2D eigenvalue weighted by atomic mass is 10.0. The van der Waals surface area contributed by atoms with Gasteiger partial charge in [-0.2, -0.15) is 0 Å². The molecule has 1 N–H and O–H groups in total. The second-order valence-corrected chi connectivity index (χ2v) is 4.49. The van der Waals surface area contributed by atoms with Gasteiger partial charge in [0.1, 0.15) is 0 Å². The smallest absolute Gasteiger partial charge is 0.0416 e. The molecule has 0 bridgehead atoms. The monoisotopic (exact) mass is 226 g/mol. The van der Waals surface area contributed by atoms with Crippen LogP contribution < -0.4 is 5.32 Å². The van der Waals surface area contributed by atoms with E-state index in [9.17, 15) is 0 Å². The maximum absolute atomic E-state index is 4.09. The van der Waals surface area contributed by atoms with E-state index < -0.39 is 0 Å². The van der Waals surface area contributed by atoms with E-state index in [0.717, 1.165) is 12.2 Å². The highest BCUT2D eigenvalue weighted by molar-refractivity contribution is 5.45. The van der Waals surface area contributed by atoms with Crippen LogP contribution in [0, 0.1) is 0 Å². The van der Waals surface area contributed by atoms with E-state index in [1.165, 1.54) is 11.1 Å². The number of aromatic nitrogens is 1. The number of nitrogens with zero attached hydrogens (tertiary/aromatic N) is 1. The maximum Gasteiger partial charge on any atom is 0.0416 e. The van der Waals surface area contributed by atoms with Crippen molar-refractivity contribution < 1.29 is 0 Å². The third-order valence-electron chi connectivity index (χ3n) is 2.80. The van der Waals surface area contributed by atoms with Crippen molar-refractivity contribution in [2.24, 2.45) is 0 Å². The molecule has 17 heavy (non-hydrogen) atoms. The first-order valence-corrected chi connectivity index (χ1v) is 5.98. The van der Waals surface area contributed by atoms with Crippen molar-refractivity contribution in [3.8, 4) is 0 Å². The largest absolute Gasteiger partial charge is 0.381 e. The molecule has 0 amide bonds. The van der Waals surface area contributed by atoms with Crippen LogP contribution in [0.1, 0.15) is 30.9 Å². The number of hydrogen-bond acceptors (Lipinski definition) is 2. The summed E-state index contributed by atoms with van der Waals surface area (Å²) in [6.07, 6.45) is 3.68. The summed E-state index contributed by atoms with van der Waals surface area (Å²) in [5, 5.41) is 3.39. The summed E-state index contributed by atoms with van der Waals surface area (Å²) in [7, 11) is 0. The van der Waals surface area contributed by atoms with Gasteiger partial charge in [-0.25, -0.2) is 0 Å². The number of rotatable bonds is 4. The fourth-order valence-electron chi connectivity index (χ4n) is 1.69. The normalized spacial score (nSPS) is 10.5. The molecule has 2 nitrogen and oxygen atoms in total. The van der Waals surface area contributed by atoms with Crippen molar-refractivity contribution in [1.82, 2.24) is 4.98 Å². The van der Waals surface area contributed by atoms with Crippen LogP contribution in [-0.4, -0.2) is 4.98 Å². The number of anilines is 1. The molecule has 0 aliphatic carbocycles. The second-order valence-electron chi connectivity index (χ2n) is 4.49. The van der Waals surface area contributed by atoms with E-state index in [1.807, 2.05) is 12.3 Å². The quantitative estimate of drug-likeness (QED) is 0.857. The second kappa shape index (κ2) is 5.48. The Morgan fingerprint density at radius 3 is 2.47 bits per heavy atom. The minimum Gasteiger partial charge on any atom is -0.381 e. The van der Waals surface area contributed by atoms with E-state index in [4.69, 9.17) is 0 Å². The molecule has 0 fully saturated rings. The maximum atomic E-state index is 4.09. The first-order valence-electron chi connectivity index (χ1n) is 5.98.